The van der Waals surface area contributed by atoms with Gasteiger partial charge < -0.3 is 9.47 Å². The highest BCUT2D eigenvalue weighted by Crippen LogP contribution is 2.10. The quantitative estimate of drug-likeness (QED) is 0.294. The van der Waals surface area contributed by atoms with E-state index < -0.39 is 0 Å². The molecule has 0 atom stereocenters. The van der Waals surface area contributed by atoms with Crippen molar-refractivity contribution in [1.82, 2.24) is 0 Å². The normalized spacial score (nSPS) is 9.96. The van der Waals surface area contributed by atoms with Crippen molar-refractivity contribution in [1.29, 1.82) is 0 Å². The van der Waals surface area contributed by atoms with Crippen LogP contribution in [-0.4, -0.2) is 24.6 Å². The molecule has 0 radical (unpaired) electrons. The molecule has 0 spiro atoms. The molecule has 0 N–H and O–H groups in total. The molecule has 0 heterocycles. The predicted molar refractivity (Wildman–Crippen MR) is 99.7 cm³/mol. The van der Waals surface area contributed by atoms with Crippen LogP contribution in [0.25, 0.3) is 0 Å². The Morgan fingerprint density at radius 3 is 1.96 bits per heavy atom. The molecule has 4 nitrogen and oxygen atoms in total. The summed E-state index contributed by atoms with van der Waals surface area (Å²) in [7, 11) is 0. The van der Waals surface area contributed by atoms with Crippen LogP contribution in [0.1, 0.15) is 73.1 Å². The van der Waals surface area contributed by atoms with Crippen molar-refractivity contribution in [3.05, 3.63) is 24.8 Å². The topological polar surface area (TPSA) is 52.6 Å². The standard InChI is InChI=1S/C14H26O2.C6H10O2/c1-12(2)10-8-6-5-7-9-11-16-14(15)13(3)4;1-4-6(7)8-5(2)3/h12H,3,5-11H2,1-2,4H3;4-5H,1H2,2-3H3. The molecule has 0 fully saturated rings. The van der Waals surface area contributed by atoms with Gasteiger partial charge in [0.15, 0.2) is 0 Å². The Balaban J connectivity index is 0. The summed E-state index contributed by atoms with van der Waals surface area (Å²) in [6, 6.07) is 0. The third-order valence-electron chi connectivity index (χ3n) is 3.03. The van der Waals surface area contributed by atoms with Crippen LogP contribution in [0.2, 0.25) is 0 Å². The van der Waals surface area contributed by atoms with Gasteiger partial charge in [0.25, 0.3) is 0 Å². The van der Waals surface area contributed by atoms with Crippen molar-refractivity contribution in [2.45, 2.75) is 79.2 Å². The highest BCUT2D eigenvalue weighted by Gasteiger charge is 2.01. The molecule has 0 aromatic carbocycles. The lowest BCUT2D eigenvalue weighted by Gasteiger charge is -2.05. The van der Waals surface area contributed by atoms with Crippen LogP contribution in [-0.2, 0) is 19.1 Å². The minimum Gasteiger partial charge on any atom is -0.462 e. The molecule has 0 unspecified atom stereocenters. The number of unbranched alkanes of at least 4 members (excludes halogenated alkanes) is 4. The molecule has 0 saturated carbocycles. The Kier molecular flexibility index (Phi) is 16.7. The Hall–Kier alpha value is -1.58. The van der Waals surface area contributed by atoms with E-state index in [9.17, 15) is 9.59 Å². The fourth-order valence-electron chi connectivity index (χ4n) is 1.75. The van der Waals surface area contributed by atoms with E-state index in [1.54, 1.807) is 20.8 Å². The van der Waals surface area contributed by atoms with Gasteiger partial charge >= 0.3 is 11.9 Å². The van der Waals surface area contributed by atoms with Gasteiger partial charge in [-0.3, -0.25) is 0 Å². The maximum Gasteiger partial charge on any atom is 0.333 e. The highest BCUT2D eigenvalue weighted by molar-refractivity contribution is 5.86. The zero-order chi connectivity index (χ0) is 19.0. The molecule has 4 heteroatoms. The molecule has 140 valence electrons. The van der Waals surface area contributed by atoms with Crippen LogP contribution in [0.15, 0.2) is 24.8 Å². The van der Waals surface area contributed by atoms with Crippen molar-refractivity contribution in [2.24, 2.45) is 5.92 Å². The third-order valence-corrected chi connectivity index (χ3v) is 3.03. The third kappa shape index (κ3) is 20.4. The summed E-state index contributed by atoms with van der Waals surface area (Å²) >= 11 is 0. The summed E-state index contributed by atoms with van der Waals surface area (Å²) in [5, 5.41) is 0. The van der Waals surface area contributed by atoms with Crippen LogP contribution in [0.4, 0.5) is 0 Å². The number of carbonyl (C=O) groups excluding carboxylic acids is 2. The van der Waals surface area contributed by atoms with Gasteiger partial charge in [-0.1, -0.05) is 59.1 Å². The van der Waals surface area contributed by atoms with Gasteiger partial charge in [0, 0.05) is 11.6 Å². The monoisotopic (exact) mass is 340 g/mol. The number of rotatable bonds is 11. The second kappa shape index (κ2) is 16.3. The van der Waals surface area contributed by atoms with E-state index in [1.165, 1.54) is 25.7 Å². The molecule has 0 aromatic rings. The fraction of sp³-hybridized carbons (Fsp3) is 0.700. The first-order valence-corrected chi connectivity index (χ1v) is 8.86. The summed E-state index contributed by atoms with van der Waals surface area (Å²) in [4.78, 5) is 21.3. The highest BCUT2D eigenvalue weighted by atomic mass is 16.5. The van der Waals surface area contributed by atoms with Crippen molar-refractivity contribution in [3.63, 3.8) is 0 Å². The molecule has 0 aliphatic rings. The first kappa shape index (κ1) is 24.7. The van der Waals surface area contributed by atoms with Crippen molar-refractivity contribution < 1.29 is 19.1 Å². The molecule has 0 aliphatic carbocycles. The molecular weight excluding hydrogens is 304 g/mol. The number of esters is 2. The van der Waals surface area contributed by atoms with Crippen LogP contribution >= 0.6 is 0 Å². The van der Waals surface area contributed by atoms with E-state index in [0.717, 1.165) is 24.8 Å². The minimum atomic E-state index is -0.361. The van der Waals surface area contributed by atoms with Crippen LogP contribution in [0.3, 0.4) is 0 Å². The van der Waals surface area contributed by atoms with Gasteiger partial charge in [-0.2, -0.15) is 0 Å². The SMILES string of the molecule is C=C(C)C(=O)OCCCCCCCC(C)C.C=CC(=O)OC(C)C. The van der Waals surface area contributed by atoms with Gasteiger partial charge in [0.1, 0.15) is 0 Å². The number of ether oxygens (including phenoxy) is 2. The number of carbonyl (C=O) groups is 2. The smallest absolute Gasteiger partial charge is 0.333 e. The van der Waals surface area contributed by atoms with Crippen molar-refractivity contribution in [3.8, 4) is 0 Å². The molecular formula is C20H36O4. The zero-order valence-electron chi connectivity index (χ0n) is 16.2. The molecule has 0 amide bonds. The van der Waals surface area contributed by atoms with E-state index in [4.69, 9.17) is 4.74 Å². The Bertz CT molecular complexity index is 370. The first-order chi connectivity index (χ1) is 11.2. The summed E-state index contributed by atoms with van der Waals surface area (Å²) in [6.45, 7) is 17.1. The minimum absolute atomic E-state index is 0.0412. The second-order valence-electron chi connectivity index (χ2n) is 6.56. The van der Waals surface area contributed by atoms with Crippen molar-refractivity contribution in [2.75, 3.05) is 6.61 Å². The lowest BCUT2D eigenvalue weighted by Crippen LogP contribution is -2.07. The van der Waals surface area contributed by atoms with E-state index >= 15 is 0 Å². The van der Waals surface area contributed by atoms with Crippen molar-refractivity contribution >= 4 is 11.9 Å². The maximum absolute atomic E-state index is 11.0. The average molecular weight is 341 g/mol. The molecule has 0 bridgehead atoms. The van der Waals surface area contributed by atoms with Gasteiger partial charge in [-0.05, 0) is 33.1 Å². The van der Waals surface area contributed by atoms with Crippen LogP contribution in [0, 0.1) is 5.92 Å². The lowest BCUT2D eigenvalue weighted by atomic mass is 10.0. The Morgan fingerprint density at radius 2 is 1.54 bits per heavy atom. The van der Waals surface area contributed by atoms with E-state index in [-0.39, 0.29) is 18.0 Å². The Labute approximate surface area is 148 Å². The summed E-state index contributed by atoms with van der Waals surface area (Å²) in [6.07, 6.45) is 8.43. The predicted octanol–water partition coefficient (Wildman–Crippen LogP) is 5.23. The number of hydrogen-bond donors (Lipinski definition) is 0. The molecule has 0 rings (SSSR count). The van der Waals surface area contributed by atoms with Crippen LogP contribution in [0.5, 0.6) is 0 Å². The fourth-order valence-corrected chi connectivity index (χ4v) is 1.75. The zero-order valence-corrected chi connectivity index (χ0v) is 16.2. The molecule has 24 heavy (non-hydrogen) atoms. The maximum atomic E-state index is 11.0. The number of hydrogen-bond acceptors (Lipinski definition) is 4. The van der Waals surface area contributed by atoms with E-state index in [0.29, 0.717) is 12.2 Å². The van der Waals surface area contributed by atoms with E-state index in [1.807, 2.05) is 0 Å². The molecule has 0 saturated heterocycles. The largest absolute Gasteiger partial charge is 0.462 e. The molecule has 0 aliphatic heterocycles. The van der Waals surface area contributed by atoms with Gasteiger partial charge in [-0.15, -0.1) is 0 Å². The van der Waals surface area contributed by atoms with Crippen LogP contribution < -0.4 is 0 Å². The van der Waals surface area contributed by atoms with Gasteiger partial charge in [0.05, 0.1) is 12.7 Å². The first-order valence-electron chi connectivity index (χ1n) is 8.86. The average Bonchev–Trinajstić information content (AvgIpc) is 2.49. The summed E-state index contributed by atoms with van der Waals surface area (Å²) in [5.41, 5.74) is 0.483. The second-order valence-corrected chi connectivity index (χ2v) is 6.56. The Morgan fingerprint density at radius 1 is 1.00 bits per heavy atom. The molecule has 0 aromatic heterocycles. The van der Waals surface area contributed by atoms with E-state index in [2.05, 4.69) is 31.7 Å². The lowest BCUT2D eigenvalue weighted by molar-refractivity contribution is -0.141. The van der Waals surface area contributed by atoms with Gasteiger partial charge in [-0.25, -0.2) is 9.59 Å². The summed E-state index contributed by atoms with van der Waals surface area (Å²) in [5.74, 6) is 0.191. The summed E-state index contributed by atoms with van der Waals surface area (Å²) < 4.78 is 9.65. The van der Waals surface area contributed by atoms with Gasteiger partial charge in [0.2, 0.25) is 0 Å².